The zero-order chi connectivity index (χ0) is 8.55. The van der Waals surface area contributed by atoms with Crippen molar-refractivity contribution in [2.45, 2.75) is 6.92 Å². The molecule has 2 nitrogen and oxygen atoms in total. The molecule has 0 saturated heterocycles. The van der Waals surface area contributed by atoms with Crippen LogP contribution >= 0.6 is 0 Å². The van der Waals surface area contributed by atoms with Crippen LogP contribution in [-0.4, -0.2) is 0 Å². The number of aryl methyl sites for hydroxylation is 1. The Morgan fingerprint density at radius 1 is 1.25 bits per heavy atom. The van der Waals surface area contributed by atoms with Crippen LogP contribution in [0, 0.1) is 6.92 Å². The SMILES string of the molecule is Cc1cc2ccccc(=O)c2o1. The average molecular weight is 160 g/mol. The molecule has 2 rings (SSSR count). The highest BCUT2D eigenvalue weighted by atomic mass is 16.3. The predicted molar refractivity (Wildman–Crippen MR) is 47.2 cm³/mol. The van der Waals surface area contributed by atoms with Crippen molar-refractivity contribution in [1.82, 2.24) is 0 Å². The Morgan fingerprint density at radius 2 is 2.00 bits per heavy atom. The molecular weight excluding hydrogens is 152 g/mol. The van der Waals surface area contributed by atoms with Gasteiger partial charge in [0.25, 0.3) is 0 Å². The Bertz CT molecular complexity index is 468. The molecule has 0 bridgehead atoms. The molecule has 0 atom stereocenters. The maximum atomic E-state index is 11.3. The molecule has 0 saturated carbocycles. The van der Waals surface area contributed by atoms with E-state index in [-0.39, 0.29) is 5.43 Å². The van der Waals surface area contributed by atoms with Gasteiger partial charge in [-0.2, -0.15) is 0 Å². The van der Waals surface area contributed by atoms with Crippen molar-refractivity contribution in [2.75, 3.05) is 0 Å². The molecule has 0 N–H and O–H groups in total. The van der Waals surface area contributed by atoms with Gasteiger partial charge in [-0.25, -0.2) is 0 Å². The molecule has 0 spiro atoms. The molecule has 0 radical (unpaired) electrons. The molecule has 0 unspecified atom stereocenters. The standard InChI is InChI=1S/C10H8O2/c1-7-6-8-4-2-3-5-9(11)10(8)12-7/h2-6H,1H3. The predicted octanol–water partition coefficient (Wildman–Crippen LogP) is 2.10. The molecule has 12 heavy (non-hydrogen) atoms. The van der Waals surface area contributed by atoms with Gasteiger partial charge >= 0.3 is 0 Å². The Kier molecular flexibility index (Phi) is 1.47. The topological polar surface area (TPSA) is 30.2 Å². The smallest absolute Gasteiger partial charge is 0.221 e. The van der Waals surface area contributed by atoms with Crippen molar-refractivity contribution in [2.24, 2.45) is 0 Å². The van der Waals surface area contributed by atoms with Crippen molar-refractivity contribution >= 4 is 11.0 Å². The molecule has 2 aromatic rings. The maximum absolute atomic E-state index is 11.3. The van der Waals surface area contributed by atoms with Crippen molar-refractivity contribution in [3.8, 4) is 0 Å². The Labute approximate surface area is 69.4 Å². The summed E-state index contributed by atoms with van der Waals surface area (Å²) in [7, 11) is 0. The van der Waals surface area contributed by atoms with Crippen LogP contribution in [0.25, 0.3) is 11.0 Å². The lowest BCUT2D eigenvalue weighted by molar-refractivity contribution is 0.576. The third kappa shape index (κ3) is 1.01. The van der Waals surface area contributed by atoms with E-state index in [4.69, 9.17) is 4.42 Å². The molecule has 1 heterocycles. The normalized spacial score (nSPS) is 10.4. The highest BCUT2D eigenvalue weighted by Crippen LogP contribution is 2.13. The summed E-state index contributed by atoms with van der Waals surface area (Å²) in [6.45, 7) is 1.83. The second kappa shape index (κ2) is 2.48. The zero-order valence-electron chi connectivity index (χ0n) is 6.70. The minimum atomic E-state index is -0.0666. The van der Waals surface area contributed by atoms with Crippen molar-refractivity contribution < 1.29 is 4.42 Å². The van der Waals surface area contributed by atoms with Crippen molar-refractivity contribution in [3.05, 3.63) is 46.3 Å². The van der Waals surface area contributed by atoms with Crippen LogP contribution in [0.1, 0.15) is 5.76 Å². The molecule has 0 fully saturated rings. The van der Waals surface area contributed by atoms with Crippen LogP contribution < -0.4 is 5.43 Å². The Morgan fingerprint density at radius 3 is 2.83 bits per heavy atom. The number of hydrogen-bond donors (Lipinski definition) is 0. The first kappa shape index (κ1) is 7.10. The Hall–Kier alpha value is -1.57. The van der Waals surface area contributed by atoms with Gasteiger partial charge in [0, 0.05) is 5.39 Å². The van der Waals surface area contributed by atoms with Gasteiger partial charge in [-0.15, -0.1) is 0 Å². The highest BCUT2D eigenvalue weighted by Gasteiger charge is 2.00. The highest BCUT2D eigenvalue weighted by molar-refractivity contribution is 5.76. The maximum Gasteiger partial charge on any atom is 0.221 e. The van der Waals surface area contributed by atoms with Gasteiger partial charge in [0.05, 0.1) is 0 Å². The summed E-state index contributed by atoms with van der Waals surface area (Å²) >= 11 is 0. The van der Waals surface area contributed by atoms with E-state index in [0.717, 1.165) is 11.1 Å². The first-order chi connectivity index (χ1) is 5.77. The molecule has 0 aliphatic rings. The summed E-state index contributed by atoms with van der Waals surface area (Å²) in [5.74, 6) is 0.772. The van der Waals surface area contributed by atoms with Gasteiger partial charge in [0.2, 0.25) is 5.43 Å². The monoisotopic (exact) mass is 160 g/mol. The fourth-order valence-electron chi connectivity index (χ4n) is 1.23. The molecule has 1 aromatic heterocycles. The van der Waals surface area contributed by atoms with Gasteiger partial charge in [-0.05, 0) is 19.1 Å². The van der Waals surface area contributed by atoms with Crippen LogP contribution in [0.15, 0.2) is 39.5 Å². The van der Waals surface area contributed by atoms with Crippen LogP contribution in [0.5, 0.6) is 0 Å². The lowest BCUT2D eigenvalue weighted by Gasteiger charge is -1.75. The summed E-state index contributed by atoms with van der Waals surface area (Å²) in [6.07, 6.45) is 0. The molecule has 0 aliphatic heterocycles. The minimum absolute atomic E-state index is 0.0666. The van der Waals surface area contributed by atoms with E-state index in [2.05, 4.69) is 0 Å². The van der Waals surface area contributed by atoms with Gasteiger partial charge < -0.3 is 4.42 Å². The summed E-state index contributed by atoms with van der Waals surface area (Å²) in [5.41, 5.74) is 0.376. The largest absolute Gasteiger partial charge is 0.457 e. The van der Waals surface area contributed by atoms with E-state index in [1.807, 2.05) is 25.1 Å². The third-order valence-electron chi connectivity index (χ3n) is 1.74. The molecule has 0 aliphatic carbocycles. The van der Waals surface area contributed by atoms with E-state index in [9.17, 15) is 4.79 Å². The fraction of sp³-hybridized carbons (Fsp3) is 0.100. The fourth-order valence-corrected chi connectivity index (χ4v) is 1.23. The zero-order valence-corrected chi connectivity index (χ0v) is 6.70. The van der Waals surface area contributed by atoms with Gasteiger partial charge in [-0.1, -0.05) is 18.2 Å². The first-order valence-electron chi connectivity index (χ1n) is 3.77. The number of fused-ring (bicyclic) bond motifs is 1. The van der Waals surface area contributed by atoms with E-state index in [0.29, 0.717) is 5.58 Å². The number of hydrogen-bond acceptors (Lipinski definition) is 2. The van der Waals surface area contributed by atoms with Crippen LogP contribution in [0.3, 0.4) is 0 Å². The van der Waals surface area contributed by atoms with Gasteiger partial charge in [0.15, 0.2) is 5.58 Å². The lowest BCUT2D eigenvalue weighted by atomic mass is 10.3. The molecular formula is C10H8O2. The molecule has 0 amide bonds. The summed E-state index contributed by atoms with van der Waals surface area (Å²) in [6, 6.07) is 8.78. The lowest BCUT2D eigenvalue weighted by Crippen LogP contribution is -1.91. The summed E-state index contributed by atoms with van der Waals surface area (Å²) in [4.78, 5) is 11.3. The Balaban J connectivity index is 3.03. The summed E-state index contributed by atoms with van der Waals surface area (Å²) < 4.78 is 5.25. The van der Waals surface area contributed by atoms with E-state index in [1.165, 1.54) is 6.07 Å². The first-order valence-corrected chi connectivity index (χ1v) is 3.77. The van der Waals surface area contributed by atoms with Gasteiger partial charge in [-0.3, -0.25) is 4.79 Å². The van der Waals surface area contributed by atoms with E-state index >= 15 is 0 Å². The van der Waals surface area contributed by atoms with Crippen LogP contribution in [-0.2, 0) is 0 Å². The van der Waals surface area contributed by atoms with Crippen molar-refractivity contribution in [3.63, 3.8) is 0 Å². The van der Waals surface area contributed by atoms with Gasteiger partial charge in [0.1, 0.15) is 5.76 Å². The molecule has 1 aromatic carbocycles. The molecule has 60 valence electrons. The number of rotatable bonds is 0. The molecule has 2 heteroatoms. The second-order valence-corrected chi connectivity index (χ2v) is 2.72. The second-order valence-electron chi connectivity index (χ2n) is 2.72. The van der Waals surface area contributed by atoms with Crippen molar-refractivity contribution in [1.29, 1.82) is 0 Å². The summed E-state index contributed by atoms with van der Waals surface area (Å²) in [5, 5.41) is 0.863. The quantitative estimate of drug-likeness (QED) is 0.590. The van der Waals surface area contributed by atoms with Crippen LogP contribution in [0.2, 0.25) is 0 Å². The van der Waals surface area contributed by atoms with E-state index < -0.39 is 0 Å². The number of furan rings is 1. The van der Waals surface area contributed by atoms with Crippen LogP contribution in [0.4, 0.5) is 0 Å². The average Bonchev–Trinajstić information content (AvgIpc) is 2.33. The third-order valence-corrected chi connectivity index (χ3v) is 1.74. The van der Waals surface area contributed by atoms with E-state index in [1.54, 1.807) is 6.07 Å². The minimum Gasteiger partial charge on any atom is -0.457 e.